The zero-order valence-electron chi connectivity index (χ0n) is 18.0. The summed E-state index contributed by atoms with van der Waals surface area (Å²) in [7, 11) is 1.38. The zero-order chi connectivity index (χ0) is 24.1. The van der Waals surface area contributed by atoms with E-state index in [0.717, 1.165) is 0 Å². The van der Waals surface area contributed by atoms with E-state index in [1.807, 2.05) is 0 Å². The Morgan fingerprint density at radius 2 is 1.76 bits per heavy atom. The van der Waals surface area contributed by atoms with Crippen LogP contribution in [0.3, 0.4) is 0 Å². The third kappa shape index (κ3) is 5.28. The predicted octanol–water partition coefficient (Wildman–Crippen LogP) is 4.12. The van der Waals surface area contributed by atoms with Crippen LogP contribution in [0.25, 0.3) is 5.76 Å². The van der Waals surface area contributed by atoms with Gasteiger partial charge in [-0.3, -0.25) is 14.4 Å². The summed E-state index contributed by atoms with van der Waals surface area (Å²) >= 11 is 5.92. The Hall–Kier alpha value is -3.52. The number of aromatic hydroxyl groups is 1. The van der Waals surface area contributed by atoms with Gasteiger partial charge in [0.2, 0.25) is 0 Å². The molecule has 1 amide bonds. The zero-order valence-corrected chi connectivity index (χ0v) is 18.7. The first kappa shape index (κ1) is 24.1. The van der Waals surface area contributed by atoms with Crippen molar-refractivity contribution in [3.8, 4) is 11.5 Å². The molecule has 1 unspecified atom stereocenters. The number of carboxylic acids is 1. The van der Waals surface area contributed by atoms with Crippen LogP contribution in [0.4, 0.5) is 0 Å². The highest BCUT2D eigenvalue weighted by Crippen LogP contribution is 2.42. The third-order valence-corrected chi connectivity index (χ3v) is 5.72. The normalized spacial score (nSPS) is 17.4. The maximum absolute atomic E-state index is 13.0. The molecule has 8 nitrogen and oxygen atoms in total. The number of halogens is 1. The van der Waals surface area contributed by atoms with Gasteiger partial charge in [-0.15, -0.1) is 0 Å². The van der Waals surface area contributed by atoms with E-state index in [-0.39, 0.29) is 35.8 Å². The summed E-state index contributed by atoms with van der Waals surface area (Å²) in [6.45, 7) is 0.190. The second-order valence-electron chi connectivity index (χ2n) is 7.64. The molecule has 0 spiro atoms. The number of unbranched alkanes of at least 4 members (excludes halogenated alkanes) is 2. The summed E-state index contributed by atoms with van der Waals surface area (Å²) in [6, 6.07) is 9.77. The van der Waals surface area contributed by atoms with Gasteiger partial charge in [0, 0.05) is 23.6 Å². The molecule has 1 aliphatic rings. The van der Waals surface area contributed by atoms with Crippen LogP contribution in [0, 0.1) is 0 Å². The molecule has 1 saturated heterocycles. The number of phenols is 1. The van der Waals surface area contributed by atoms with E-state index >= 15 is 0 Å². The van der Waals surface area contributed by atoms with Gasteiger partial charge in [0.05, 0.1) is 18.7 Å². The molecule has 1 fully saturated rings. The minimum Gasteiger partial charge on any atom is -0.507 e. The number of carbonyl (C=O) groups is 3. The first-order valence-electron chi connectivity index (χ1n) is 10.4. The number of hydrogen-bond acceptors (Lipinski definition) is 6. The first-order valence-corrected chi connectivity index (χ1v) is 10.8. The molecule has 1 aliphatic heterocycles. The highest BCUT2D eigenvalue weighted by molar-refractivity contribution is 6.46. The number of likely N-dealkylation sites (tertiary alicyclic amines) is 1. The van der Waals surface area contributed by atoms with Gasteiger partial charge < -0.3 is 25.0 Å². The van der Waals surface area contributed by atoms with Crippen molar-refractivity contribution in [3.05, 3.63) is 64.2 Å². The second-order valence-corrected chi connectivity index (χ2v) is 8.07. The Morgan fingerprint density at radius 1 is 1.06 bits per heavy atom. The fourth-order valence-corrected chi connectivity index (χ4v) is 3.95. The van der Waals surface area contributed by atoms with Crippen LogP contribution < -0.4 is 4.74 Å². The topological polar surface area (TPSA) is 124 Å². The SMILES string of the molecule is COc1cc(C2/C(=C(\O)c3ccc(Cl)cc3)C(=O)C(=O)N2CCCCCC(=O)O)ccc1O. The number of rotatable bonds is 9. The van der Waals surface area contributed by atoms with Gasteiger partial charge in [-0.25, -0.2) is 0 Å². The Bertz CT molecular complexity index is 1090. The number of aliphatic hydroxyl groups is 1. The largest absolute Gasteiger partial charge is 0.507 e. The number of ketones is 1. The summed E-state index contributed by atoms with van der Waals surface area (Å²) in [5, 5.41) is 30.2. The van der Waals surface area contributed by atoms with E-state index in [2.05, 4.69) is 0 Å². The molecule has 0 aromatic heterocycles. The number of methoxy groups -OCH3 is 1. The van der Waals surface area contributed by atoms with E-state index in [1.54, 1.807) is 30.3 Å². The van der Waals surface area contributed by atoms with Crippen molar-refractivity contribution >= 4 is 35.0 Å². The van der Waals surface area contributed by atoms with Crippen LogP contribution in [0.2, 0.25) is 5.02 Å². The van der Waals surface area contributed by atoms with Gasteiger partial charge in [-0.05, 0) is 54.8 Å². The van der Waals surface area contributed by atoms with Gasteiger partial charge >= 0.3 is 5.97 Å². The first-order chi connectivity index (χ1) is 15.7. The van der Waals surface area contributed by atoms with Crippen LogP contribution in [0.1, 0.15) is 42.9 Å². The lowest BCUT2D eigenvalue weighted by molar-refractivity contribution is -0.140. The highest BCUT2D eigenvalue weighted by Gasteiger charge is 2.46. The fraction of sp³-hybridized carbons (Fsp3) is 0.292. The molecule has 3 rings (SSSR count). The number of ether oxygens (including phenoxy) is 1. The molecule has 3 N–H and O–H groups in total. The Morgan fingerprint density at radius 3 is 2.39 bits per heavy atom. The number of aliphatic hydroxyl groups excluding tert-OH is 1. The molecule has 1 atom stereocenters. The molecule has 0 bridgehead atoms. The summed E-state index contributed by atoms with van der Waals surface area (Å²) in [5.74, 6) is -2.77. The molecule has 1 heterocycles. The molecule has 2 aromatic carbocycles. The monoisotopic (exact) mass is 473 g/mol. The van der Waals surface area contributed by atoms with Crippen LogP contribution >= 0.6 is 11.6 Å². The van der Waals surface area contributed by atoms with Crippen molar-refractivity contribution < 1.29 is 34.4 Å². The molecular weight excluding hydrogens is 450 g/mol. The summed E-state index contributed by atoms with van der Waals surface area (Å²) < 4.78 is 5.18. The summed E-state index contributed by atoms with van der Waals surface area (Å²) in [6.07, 6.45) is 1.50. The average molecular weight is 474 g/mol. The van der Waals surface area contributed by atoms with Gasteiger partial charge in [0.25, 0.3) is 11.7 Å². The number of hydrogen-bond donors (Lipinski definition) is 3. The predicted molar refractivity (Wildman–Crippen MR) is 121 cm³/mol. The number of benzene rings is 2. The lowest BCUT2D eigenvalue weighted by Gasteiger charge is -2.25. The molecule has 2 aromatic rings. The highest BCUT2D eigenvalue weighted by atomic mass is 35.5. The quantitative estimate of drug-likeness (QED) is 0.216. The van der Waals surface area contributed by atoms with Gasteiger partial charge in [0.15, 0.2) is 11.5 Å². The molecule has 0 saturated carbocycles. The second kappa shape index (κ2) is 10.4. The average Bonchev–Trinajstić information content (AvgIpc) is 3.04. The van der Waals surface area contributed by atoms with Crippen molar-refractivity contribution in [1.82, 2.24) is 4.90 Å². The standard InChI is InChI=1S/C24H24ClNO7/c1-33-18-13-15(8-11-17(18)27)21-20(22(30)14-6-9-16(25)10-7-14)23(31)24(32)26(21)12-4-2-3-5-19(28)29/h6-11,13,21,27,30H,2-5,12H2,1H3,(H,28,29)/b22-20+. The van der Waals surface area contributed by atoms with Gasteiger partial charge in [0.1, 0.15) is 5.76 Å². The smallest absolute Gasteiger partial charge is 0.303 e. The minimum atomic E-state index is -0.908. The van der Waals surface area contributed by atoms with Crippen molar-refractivity contribution in [3.63, 3.8) is 0 Å². The number of phenolic OH excluding ortho intramolecular Hbond substituents is 1. The van der Waals surface area contributed by atoms with Gasteiger partial charge in [-0.1, -0.05) is 24.1 Å². The third-order valence-electron chi connectivity index (χ3n) is 5.47. The fourth-order valence-electron chi connectivity index (χ4n) is 3.82. The van der Waals surface area contributed by atoms with Crippen LogP contribution in [0.15, 0.2) is 48.0 Å². The lowest BCUT2D eigenvalue weighted by Crippen LogP contribution is -2.30. The van der Waals surface area contributed by atoms with E-state index in [0.29, 0.717) is 35.4 Å². The number of nitrogens with zero attached hydrogens (tertiary/aromatic N) is 1. The molecule has 174 valence electrons. The maximum atomic E-state index is 13.0. The Labute approximate surface area is 195 Å². The van der Waals surface area contributed by atoms with E-state index in [4.69, 9.17) is 21.4 Å². The van der Waals surface area contributed by atoms with Crippen molar-refractivity contribution in [2.24, 2.45) is 0 Å². The molecule has 0 aliphatic carbocycles. The molecular formula is C24H24ClNO7. The molecule has 33 heavy (non-hydrogen) atoms. The van der Waals surface area contributed by atoms with Crippen LogP contribution in [0.5, 0.6) is 11.5 Å². The minimum absolute atomic E-state index is 0.0218. The number of carbonyl (C=O) groups excluding carboxylic acids is 2. The number of aliphatic carboxylic acids is 1. The molecule has 0 radical (unpaired) electrons. The summed E-state index contributed by atoms with van der Waals surface area (Å²) in [5.41, 5.74) is 0.722. The van der Waals surface area contributed by atoms with E-state index < -0.39 is 23.7 Å². The number of carboxylic acid groups (broad SMARTS) is 1. The van der Waals surface area contributed by atoms with Crippen molar-refractivity contribution in [2.75, 3.05) is 13.7 Å². The van der Waals surface area contributed by atoms with E-state index in [9.17, 15) is 24.6 Å². The van der Waals surface area contributed by atoms with E-state index in [1.165, 1.54) is 24.1 Å². The number of Topliss-reactive ketones (excluding diaryl/α,β-unsaturated/α-hetero) is 1. The van der Waals surface area contributed by atoms with Crippen LogP contribution in [-0.4, -0.2) is 51.5 Å². The lowest BCUT2D eigenvalue weighted by atomic mass is 9.95. The maximum Gasteiger partial charge on any atom is 0.303 e. The Balaban J connectivity index is 2.02. The van der Waals surface area contributed by atoms with Gasteiger partial charge in [-0.2, -0.15) is 0 Å². The molecule has 9 heteroatoms. The number of amides is 1. The Kier molecular flexibility index (Phi) is 7.60. The summed E-state index contributed by atoms with van der Waals surface area (Å²) in [4.78, 5) is 38.0. The van der Waals surface area contributed by atoms with Crippen molar-refractivity contribution in [1.29, 1.82) is 0 Å². The van der Waals surface area contributed by atoms with Crippen LogP contribution in [-0.2, 0) is 14.4 Å². The van der Waals surface area contributed by atoms with Crippen molar-refractivity contribution in [2.45, 2.75) is 31.7 Å².